The van der Waals surface area contributed by atoms with Gasteiger partial charge in [-0.3, -0.25) is 0 Å². The smallest absolute Gasteiger partial charge is 0.178 e. The fourth-order valence-corrected chi connectivity index (χ4v) is 10.6. The number of fused-ring (bicyclic) bond motifs is 10. The topological polar surface area (TPSA) is 27.7 Å². The molecule has 3 aliphatic rings. The minimum atomic E-state index is -0.864. The van der Waals surface area contributed by atoms with Gasteiger partial charge in [0.25, 0.3) is 0 Å². The van der Waals surface area contributed by atoms with Crippen LogP contribution in [0.3, 0.4) is 0 Å². The lowest BCUT2D eigenvalue weighted by molar-refractivity contribution is 0.157. The maximum absolute atomic E-state index is 7.67. The standard InChI is InChI=1S/C44H44O3S2/c1-41(2)25-43(26-42(41,3)4)35-12-10-9-11-31(35)38-33-23-36(48-7)37(49-8)24-34(33)40-32(39(38)43)21-22-44(47-40,27-13-17-29(45-5)18-14-27)28-15-19-30(46-6)20-16-28/h9-24H,25-26H2,1-8H3. The zero-order valence-electron chi connectivity index (χ0n) is 29.7. The molecule has 0 radical (unpaired) electrons. The fraction of sp³-hybridized carbons (Fsp3) is 0.318. The van der Waals surface area contributed by atoms with Crippen LogP contribution in [0.1, 0.15) is 68.4 Å². The summed E-state index contributed by atoms with van der Waals surface area (Å²) in [5, 5.41) is 2.44. The van der Waals surface area contributed by atoms with Gasteiger partial charge in [0, 0.05) is 37.3 Å². The second-order valence-electron chi connectivity index (χ2n) is 15.1. The minimum absolute atomic E-state index is 0.122. The Balaban J connectivity index is 1.48. The lowest BCUT2D eigenvalue weighted by Crippen LogP contribution is -2.35. The molecule has 49 heavy (non-hydrogen) atoms. The summed E-state index contributed by atoms with van der Waals surface area (Å²) in [6.45, 7) is 9.88. The predicted molar refractivity (Wildman–Crippen MR) is 207 cm³/mol. The molecule has 5 heteroatoms. The minimum Gasteiger partial charge on any atom is -0.497 e. The monoisotopic (exact) mass is 684 g/mol. The second kappa shape index (κ2) is 11.4. The molecule has 0 amide bonds. The van der Waals surface area contributed by atoms with Crippen molar-refractivity contribution >= 4 is 40.4 Å². The number of thioether (sulfide) groups is 2. The quantitative estimate of drug-likeness (QED) is 0.166. The summed E-state index contributed by atoms with van der Waals surface area (Å²) < 4.78 is 18.8. The van der Waals surface area contributed by atoms with Gasteiger partial charge in [0.1, 0.15) is 17.2 Å². The number of rotatable bonds is 6. The average molecular weight is 685 g/mol. The molecule has 0 N–H and O–H groups in total. The molecule has 3 nitrogen and oxygen atoms in total. The number of methoxy groups -OCH3 is 2. The number of hydrogen-bond acceptors (Lipinski definition) is 5. The number of ether oxygens (including phenoxy) is 3. The SMILES string of the molecule is COc1ccc(C2(c3ccc(OC)cc3)C=Cc3c4c(c5cc(SC)c(SC)cc5c3O2)-c2ccccc2C42CC(C)(C)C(C)(C)C2)cc1. The van der Waals surface area contributed by atoms with E-state index in [0.717, 1.165) is 46.6 Å². The molecule has 0 bridgehead atoms. The van der Waals surface area contributed by atoms with Crippen LogP contribution in [0.15, 0.2) is 101 Å². The highest BCUT2D eigenvalue weighted by Crippen LogP contribution is 2.70. The van der Waals surface area contributed by atoms with Gasteiger partial charge in [-0.25, -0.2) is 0 Å². The van der Waals surface area contributed by atoms with Crippen LogP contribution >= 0.6 is 23.5 Å². The molecule has 0 saturated heterocycles. The van der Waals surface area contributed by atoms with Crippen LogP contribution in [0.4, 0.5) is 0 Å². The van der Waals surface area contributed by atoms with Gasteiger partial charge in [0.15, 0.2) is 5.60 Å². The fourth-order valence-electron chi connectivity index (χ4n) is 9.07. The van der Waals surface area contributed by atoms with Gasteiger partial charge < -0.3 is 14.2 Å². The Hall–Kier alpha value is -3.80. The van der Waals surface area contributed by atoms with Crippen molar-refractivity contribution < 1.29 is 14.2 Å². The zero-order valence-corrected chi connectivity index (χ0v) is 31.3. The predicted octanol–water partition coefficient (Wildman–Crippen LogP) is 11.8. The molecule has 5 aromatic rings. The Labute approximate surface area is 299 Å². The van der Waals surface area contributed by atoms with E-state index in [0.29, 0.717) is 0 Å². The molecule has 2 aliphatic carbocycles. The van der Waals surface area contributed by atoms with Crippen molar-refractivity contribution in [2.45, 2.75) is 61.3 Å². The van der Waals surface area contributed by atoms with E-state index in [1.807, 2.05) is 36.0 Å². The van der Waals surface area contributed by atoms with Gasteiger partial charge in [-0.2, -0.15) is 0 Å². The van der Waals surface area contributed by atoms with Crippen molar-refractivity contribution in [1.29, 1.82) is 0 Å². The maximum Gasteiger partial charge on any atom is 0.178 e. The van der Waals surface area contributed by atoms with Crippen molar-refractivity contribution in [3.63, 3.8) is 0 Å². The Kier molecular flexibility index (Phi) is 7.52. The van der Waals surface area contributed by atoms with Crippen molar-refractivity contribution in [2.24, 2.45) is 10.8 Å². The highest BCUT2D eigenvalue weighted by atomic mass is 32.2. The van der Waals surface area contributed by atoms with Crippen LogP contribution in [0.5, 0.6) is 17.2 Å². The third-order valence-electron chi connectivity index (χ3n) is 12.1. The highest BCUT2D eigenvalue weighted by Gasteiger charge is 2.60. The van der Waals surface area contributed by atoms with Gasteiger partial charge in [-0.15, -0.1) is 23.5 Å². The van der Waals surface area contributed by atoms with Gasteiger partial charge in [-0.05, 0) is 106 Å². The van der Waals surface area contributed by atoms with E-state index in [9.17, 15) is 0 Å². The molecule has 0 atom stereocenters. The first-order valence-electron chi connectivity index (χ1n) is 17.1. The summed E-state index contributed by atoms with van der Waals surface area (Å²) >= 11 is 3.62. The van der Waals surface area contributed by atoms with Crippen LogP contribution in [0, 0.1) is 10.8 Å². The molecule has 250 valence electrons. The third-order valence-corrected chi connectivity index (χ3v) is 13.8. The Bertz CT molecular complexity index is 2080. The Morgan fingerprint density at radius 3 is 1.73 bits per heavy atom. The van der Waals surface area contributed by atoms with Crippen molar-refractivity contribution in [2.75, 3.05) is 26.7 Å². The number of hydrogen-bond donors (Lipinski definition) is 0. The van der Waals surface area contributed by atoms with E-state index in [4.69, 9.17) is 14.2 Å². The van der Waals surface area contributed by atoms with E-state index in [-0.39, 0.29) is 16.2 Å². The summed E-state index contributed by atoms with van der Waals surface area (Å²) in [4.78, 5) is 2.57. The van der Waals surface area contributed by atoms with Crippen LogP contribution in [0.25, 0.3) is 28.0 Å². The van der Waals surface area contributed by atoms with E-state index < -0.39 is 5.60 Å². The third kappa shape index (κ3) is 4.57. The first-order chi connectivity index (χ1) is 23.5. The van der Waals surface area contributed by atoms with Gasteiger partial charge in [-0.1, -0.05) is 82.3 Å². The molecule has 0 aromatic heterocycles. The summed E-state index contributed by atoms with van der Waals surface area (Å²) in [6, 6.07) is 30.7. The zero-order chi connectivity index (χ0) is 34.3. The molecule has 1 spiro atoms. The van der Waals surface area contributed by atoms with Crippen LogP contribution in [-0.2, 0) is 11.0 Å². The van der Waals surface area contributed by atoms with Crippen LogP contribution < -0.4 is 14.2 Å². The molecule has 8 rings (SSSR count). The normalized spacial score (nSPS) is 18.5. The summed E-state index contributed by atoms with van der Waals surface area (Å²) in [6.07, 6.45) is 11.2. The summed E-state index contributed by atoms with van der Waals surface area (Å²) in [7, 11) is 3.42. The molecule has 1 saturated carbocycles. The van der Waals surface area contributed by atoms with Crippen LogP contribution in [0.2, 0.25) is 0 Å². The lowest BCUT2D eigenvalue weighted by Gasteiger charge is -2.39. The van der Waals surface area contributed by atoms with E-state index in [1.165, 1.54) is 43.0 Å². The van der Waals surface area contributed by atoms with Gasteiger partial charge in [0.2, 0.25) is 0 Å². The Morgan fingerprint density at radius 2 is 1.20 bits per heavy atom. The molecule has 1 fully saturated rings. The molecule has 5 aromatic carbocycles. The van der Waals surface area contributed by atoms with Crippen molar-refractivity contribution in [3.8, 4) is 28.4 Å². The molecule has 1 heterocycles. The van der Waals surface area contributed by atoms with E-state index in [1.54, 1.807) is 26.0 Å². The first-order valence-corrected chi connectivity index (χ1v) is 19.5. The first kappa shape index (κ1) is 32.4. The van der Waals surface area contributed by atoms with E-state index >= 15 is 0 Å². The second-order valence-corrected chi connectivity index (χ2v) is 16.8. The number of benzene rings is 5. The molecule has 0 unspecified atom stereocenters. The summed E-state index contributed by atoms with van der Waals surface area (Å²) in [5.41, 5.74) is 8.27. The molecular formula is C44H44O3S2. The van der Waals surface area contributed by atoms with Gasteiger partial charge >= 0.3 is 0 Å². The molecule has 1 aliphatic heterocycles. The van der Waals surface area contributed by atoms with E-state index in [2.05, 4.69) is 113 Å². The average Bonchev–Trinajstić information content (AvgIpc) is 3.50. The van der Waals surface area contributed by atoms with Crippen molar-refractivity contribution in [3.05, 3.63) is 119 Å². The summed E-state index contributed by atoms with van der Waals surface area (Å²) in [5.74, 6) is 2.59. The Morgan fingerprint density at radius 1 is 0.673 bits per heavy atom. The van der Waals surface area contributed by atoms with Crippen LogP contribution in [-0.4, -0.2) is 26.7 Å². The highest BCUT2D eigenvalue weighted by molar-refractivity contribution is 8.01. The van der Waals surface area contributed by atoms with Gasteiger partial charge in [0.05, 0.1) is 14.2 Å². The largest absolute Gasteiger partial charge is 0.497 e. The molecular weight excluding hydrogens is 641 g/mol. The maximum atomic E-state index is 7.67. The lowest BCUT2D eigenvalue weighted by atomic mass is 9.71. The van der Waals surface area contributed by atoms with Crippen molar-refractivity contribution in [1.82, 2.24) is 0 Å².